The summed E-state index contributed by atoms with van der Waals surface area (Å²) in [6.07, 6.45) is 8.96. The predicted molar refractivity (Wildman–Crippen MR) is 146 cm³/mol. The standard InChI is InChI=1S/3C10H15NO/c1-9(2)7-12-8-10-3-5-11-6-4-10;1-9(2)7-12-8-10-4-3-5-11-6-10;1-9(2)7-12-8-10-5-3-4-6-11-10/h3*3-6,9H,7-8H2,1-2H3. The molecule has 3 aromatic heterocycles. The van der Waals surface area contributed by atoms with Crippen LogP contribution >= 0.6 is 0 Å². The Kier molecular flexibility index (Phi) is 17.9. The van der Waals surface area contributed by atoms with Gasteiger partial charge in [-0.05, 0) is 59.2 Å². The van der Waals surface area contributed by atoms with Gasteiger partial charge in [0.05, 0.1) is 25.5 Å². The molecule has 0 aromatic carbocycles. The van der Waals surface area contributed by atoms with Crippen molar-refractivity contribution in [3.8, 4) is 0 Å². The Morgan fingerprint density at radius 2 is 1.14 bits per heavy atom. The quantitative estimate of drug-likeness (QED) is 0.276. The molecule has 0 unspecified atom stereocenters. The second-order valence-corrected chi connectivity index (χ2v) is 9.76. The second kappa shape index (κ2) is 20.5. The van der Waals surface area contributed by atoms with Gasteiger partial charge in [0.15, 0.2) is 0 Å². The molecule has 0 saturated carbocycles. The van der Waals surface area contributed by atoms with Crippen LogP contribution in [0.3, 0.4) is 0 Å². The van der Waals surface area contributed by atoms with Gasteiger partial charge in [0.1, 0.15) is 0 Å². The molecule has 0 aliphatic heterocycles. The van der Waals surface area contributed by atoms with Crippen molar-refractivity contribution in [3.63, 3.8) is 0 Å². The molecule has 0 fully saturated rings. The van der Waals surface area contributed by atoms with Gasteiger partial charge in [-0.2, -0.15) is 0 Å². The van der Waals surface area contributed by atoms with E-state index in [1.807, 2.05) is 48.7 Å². The van der Waals surface area contributed by atoms with E-state index in [0.29, 0.717) is 37.6 Å². The molecule has 6 nitrogen and oxygen atoms in total. The molecule has 0 saturated heterocycles. The van der Waals surface area contributed by atoms with E-state index in [1.54, 1.807) is 24.8 Å². The summed E-state index contributed by atoms with van der Waals surface area (Å²) in [7, 11) is 0. The van der Waals surface area contributed by atoms with Gasteiger partial charge in [-0.3, -0.25) is 15.0 Å². The van der Waals surface area contributed by atoms with E-state index in [1.165, 1.54) is 5.56 Å². The highest BCUT2D eigenvalue weighted by Crippen LogP contribution is 2.02. The zero-order valence-electron chi connectivity index (χ0n) is 23.0. The Morgan fingerprint density at radius 3 is 1.64 bits per heavy atom. The molecule has 0 N–H and O–H groups in total. The fourth-order valence-corrected chi connectivity index (χ4v) is 2.67. The maximum Gasteiger partial charge on any atom is 0.0887 e. The van der Waals surface area contributed by atoms with Crippen LogP contribution in [0.1, 0.15) is 58.4 Å². The van der Waals surface area contributed by atoms with Crippen molar-refractivity contribution in [2.45, 2.75) is 61.4 Å². The maximum absolute atomic E-state index is 5.45. The van der Waals surface area contributed by atoms with Gasteiger partial charge in [-0.25, -0.2) is 0 Å². The molecule has 6 heteroatoms. The summed E-state index contributed by atoms with van der Waals surface area (Å²) in [4.78, 5) is 12.1. The zero-order valence-corrected chi connectivity index (χ0v) is 23.0. The lowest BCUT2D eigenvalue weighted by Gasteiger charge is -2.05. The highest BCUT2D eigenvalue weighted by molar-refractivity contribution is 5.08. The Bertz CT molecular complexity index is 743. The molecule has 36 heavy (non-hydrogen) atoms. The van der Waals surface area contributed by atoms with Crippen molar-refractivity contribution in [2.75, 3.05) is 19.8 Å². The predicted octanol–water partition coefficient (Wildman–Crippen LogP) is 6.76. The number of pyridine rings is 3. The van der Waals surface area contributed by atoms with Crippen LogP contribution in [0.2, 0.25) is 0 Å². The monoisotopic (exact) mass is 495 g/mol. The third-order valence-corrected chi connectivity index (χ3v) is 4.34. The number of rotatable bonds is 12. The molecule has 0 radical (unpaired) electrons. The third-order valence-electron chi connectivity index (χ3n) is 4.34. The van der Waals surface area contributed by atoms with Crippen molar-refractivity contribution in [1.82, 2.24) is 15.0 Å². The molecule has 3 aromatic rings. The highest BCUT2D eigenvalue weighted by atomic mass is 16.5. The molecular weight excluding hydrogens is 450 g/mol. The van der Waals surface area contributed by atoms with Gasteiger partial charge in [0.2, 0.25) is 0 Å². The van der Waals surface area contributed by atoms with Crippen LogP contribution < -0.4 is 0 Å². The summed E-state index contributed by atoms with van der Waals surface area (Å²) in [5.74, 6) is 1.79. The van der Waals surface area contributed by atoms with E-state index in [-0.39, 0.29) is 0 Å². The fourth-order valence-electron chi connectivity index (χ4n) is 2.67. The summed E-state index contributed by atoms with van der Waals surface area (Å²) in [5, 5.41) is 0. The summed E-state index contributed by atoms with van der Waals surface area (Å²) in [6.45, 7) is 17.3. The smallest absolute Gasteiger partial charge is 0.0887 e. The van der Waals surface area contributed by atoms with E-state index in [9.17, 15) is 0 Å². The second-order valence-electron chi connectivity index (χ2n) is 9.76. The average molecular weight is 496 g/mol. The fraction of sp³-hybridized carbons (Fsp3) is 0.500. The number of hydrogen-bond acceptors (Lipinski definition) is 6. The Hall–Kier alpha value is -2.67. The number of aromatic nitrogens is 3. The molecule has 0 atom stereocenters. The number of hydrogen-bond donors (Lipinski definition) is 0. The molecule has 0 amide bonds. The van der Waals surface area contributed by atoms with E-state index >= 15 is 0 Å². The van der Waals surface area contributed by atoms with Crippen molar-refractivity contribution >= 4 is 0 Å². The van der Waals surface area contributed by atoms with Crippen molar-refractivity contribution in [3.05, 3.63) is 90.3 Å². The highest BCUT2D eigenvalue weighted by Gasteiger charge is 1.96. The number of nitrogens with zero attached hydrogens (tertiary/aromatic N) is 3. The SMILES string of the molecule is CC(C)COCc1ccccn1.CC(C)COCc1cccnc1.CC(C)COCc1ccncc1. The lowest BCUT2D eigenvalue weighted by Crippen LogP contribution is -2.02. The molecule has 0 spiro atoms. The Labute approximate surface area is 218 Å². The van der Waals surface area contributed by atoms with Crippen LogP contribution in [0.25, 0.3) is 0 Å². The first-order valence-electron chi connectivity index (χ1n) is 12.8. The van der Waals surface area contributed by atoms with Crippen LogP contribution in [0.15, 0.2) is 73.4 Å². The summed E-state index contributed by atoms with van der Waals surface area (Å²) >= 11 is 0. The molecule has 3 heterocycles. The van der Waals surface area contributed by atoms with Gasteiger partial charge in [0, 0.05) is 50.8 Å². The first-order valence-corrected chi connectivity index (χ1v) is 12.8. The molecule has 3 rings (SSSR count). The van der Waals surface area contributed by atoms with E-state index in [2.05, 4.69) is 56.5 Å². The molecule has 198 valence electrons. The molecule has 0 bridgehead atoms. The minimum atomic E-state index is 0.591. The van der Waals surface area contributed by atoms with Gasteiger partial charge in [-0.15, -0.1) is 0 Å². The van der Waals surface area contributed by atoms with Gasteiger partial charge in [-0.1, -0.05) is 53.7 Å². The molecule has 0 aliphatic rings. The first-order chi connectivity index (χ1) is 17.4. The summed E-state index contributed by atoms with van der Waals surface area (Å²) < 4.78 is 16.3. The average Bonchev–Trinajstić information content (AvgIpc) is 2.86. The summed E-state index contributed by atoms with van der Waals surface area (Å²) in [5.41, 5.74) is 3.32. The molecule has 0 aliphatic carbocycles. The third kappa shape index (κ3) is 18.6. The van der Waals surface area contributed by atoms with Crippen molar-refractivity contribution in [2.24, 2.45) is 17.8 Å². The lowest BCUT2D eigenvalue weighted by molar-refractivity contribution is 0.0948. The van der Waals surface area contributed by atoms with E-state index in [0.717, 1.165) is 31.1 Å². The van der Waals surface area contributed by atoms with E-state index < -0.39 is 0 Å². The minimum Gasteiger partial charge on any atom is -0.377 e. The van der Waals surface area contributed by atoms with Crippen molar-refractivity contribution < 1.29 is 14.2 Å². The summed E-state index contributed by atoms with van der Waals surface area (Å²) in [6, 6.07) is 13.7. The van der Waals surface area contributed by atoms with Gasteiger partial charge in [0.25, 0.3) is 0 Å². The van der Waals surface area contributed by atoms with Crippen LogP contribution in [0.5, 0.6) is 0 Å². The maximum atomic E-state index is 5.45. The largest absolute Gasteiger partial charge is 0.377 e. The Balaban J connectivity index is 0.000000270. The van der Waals surface area contributed by atoms with Crippen LogP contribution in [-0.4, -0.2) is 34.8 Å². The Morgan fingerprint density at radius 1 is 0.556 bits per heavy atom. The first kappa shape index (κ1) is 31.4. The van der Waals surface area contributed by atoms with Crippen LogP contribution in [0.4, 0.5) is 0 Å². The lowest BCUT2D eigenvalue weighted by atomic mass is 10.2. The molecular formula is C30H45N3O3. The normalized spacial score (nSPS) is 10.6. The number of ether oxygens (including phenoxy) is 3. The van der Waals surface area contributed by atoms with Gasteiger partial charge < -0.3 is 14.2 Å². The van der Waals surface area contributed by atoms with Crippen LogP contribution in [-0.2, 0) is 34.0 Å². The zero-order chi connectivity index (χ0) is 26.4. The van der Waals surface area contributed by atoms with Crippen molar-refractivity contribution in [1.29, 1.82) is 0 Å². The van der Waals surface area contributed by atoms with E-state index in [4.69, 9.17) is 14.2 Å². The minimum absolute atomic E-state index is 0.591. The topological polar surface area (TPSA) is 66.4 Å². The van der Waals surface area contributed by atoms with Gasteiger partial charge >= 0.3 is 0 Å². The van der Waals surface area contributed by atoms with Crippen LogP contribution in [0, 0.1) is 17.8 Å².